The van der Waals surface area contributed by atoms with Crippen LogP contribution < -0.4 is 10.2 Å². The Kier molecular flexibility index (Phi) is 6.18. The van der Waals surface area contributed by atoms with Crippen molar-refractivity contribution in [3.05, 3.63) is 29.8 Å². The average molecular weight is 253 g/mol. The summed E-state index contributed by atoms with van der Waals surface area (Å²) in [6.45, 7) is 4.36. The van der Waals surface area contributed by atoms with E-state index in [1.54, 1.807) is 14.0 Å². The van der Waals surface area contributed by atoms with Crippen LogP contribution in [0, 0.1) is 6.92 Å². The van der Waals surface area contributed by atoms with E-state index in [9.17, 15) is 4.79 Å². The van der Waals surface area contributed by atoms with Crippen LogP contribution in [0.2, 0.25) is 0 Å². The van der Waals surface area contributed by atoms with Crippen LogP contribution in [-0.4, -0.2) is 32.3 Å². The third-order valence-corrected chi connectivity index (χ3v) is 2.23. The Balaban J connectivity index is 2.35. The normalized spacial score (nSPS) is 11.9. The van der Waals surface area contributed by atoms with E-state index < -0.39 is 6.10 Å². The van der Waals surface area contributed by atoms with Gasteiger partial charge in [-0.05, 0) is 31.5 Å². The van der Waals surface area contributed by atoms with Crippen molar-refractivity contribution in [2.75, 3.05) is 20.3 Å². The number of hydrogen-bond acceptors (Lipinski definition) is 4. The molecule has 0 aromatic heterocycles. The molecule has 100 valence electrons. The molecule has 0 saturated heterocycles. The van der Waals surface area contributed by atoms with Gasteiger partial charge in [0.15, 0.2) is 6.10 Å². The minimum absolute atomic E-state index is 0.305. The Labute approximate surface area is 107 Å². The highest BCUT2D eigenvalue weighted by molar-refractivity contribution is 5.79. The molecule has 1 aromatic rings. The van der Waals surface area contributed by atoms with Gasteiger partial charge in [0.25, 0.3) is 5.91 Å². The molecule has 1 N–H and O–H groups in total. The Bertz CT molecular complexity index is 381. The van der Waals surface area contributed by atoms with E-state index in [0.29, 0.717) is 19.0 Å². The summed E-state index contributed by atoms with van der Waals surface area (Å²) in [6.07, 6.45) is -0.616. The van der Waals surface area contributed by atoms with Crippen LogP contribution >= 0.6 is 0 Å². The van der Waals surface area contributed by atoms with E-state index in [1.807, 2.05) is 31.2 Å². The number of ether oxygens (including phenoxy) is 2. The van der Waals surface area contributed by atoms with Crippen LogP contribution in [0.15, 0.2) is 24.3 Å². The Morgan fingerprint density at radius 2 is 2.17 bits per heavy atom. The maximum Gasteiger partial charge on any atom is 0.284 e. The van der Waals surface area contributed by atoms with Crippen molar-refractivity contribution >= 4 is 5.91 Å². The highest BCUT2D eigenvalue weighted by Crippen LogP contribution is 2.14. The summed E-state index contributed by atoms with van der Waals surface area (Å²) in [4.78, 5) is 16.5. The maximum absolute atomic E-state index is 11.6. The first-order chi connectivity index (χ1) is 8.63. The lowest BCUT2D eigenvalue weighted by molar-refractivity contribution is -0.141. The van der Waals surface area contributed by atoms with Crippen LogP contribution in [0.3, 0.4) is 0 Å². The highest BCUT2D eigenvalue weighted by Gasteiger charge is 2.14. The first-order valence-corrected chi connectivity index (χ1v) is 5.77. The minimum Gasteiger partial charge on any atom is -0.481 e. The quantitative estimate of drug-likeness (QED) is 0.590. The van der Waals surface area contributed by atoms with Crippen molar-refractivity contribution in [1.29, 1.82) is 0 Å². The summed E-state index contributed by atoms with van der Waals surface area (Å²) in [5, 5.41) is 0. The van der Waals surface area contributed by atoms with Gasteiger partial charge in [0, 0.05) is 7.11 Å². The standard InChI is InChI=1S/C13H19NO4/c1-10-5-4-6-12(9-10)18-11(2)13(15)14-17-8-7-16-3/h4-6,9,11H,7-8H2,1-3H3,(H,14,15). The molecule has 1 unspecified atom stereocenters. The zero-order valence-electron chi connectivity index (χ0n) is 10.9. The van der Waals surface area contributed by atoms with Crippen molar-refractivity contribution in [3.8, 4) is 5.75 Å². The molecule has 5 nitrogen and oxygen atoms in total. The first kappa shape index (κ1) is 14.5. The van der Waals surface area contributed by atoms with Gasteiger partial charge in [-0.15, -0.1) is 0 Å². The smallest absolute Gasteiger partial charge is 0.284 e. The molecule has 1 rings (SSSR count). The number of methoxy groups -OCH3 is 1. The molecule has 0 aliphatic rings. The molecule has 1 aromatic carbocycles. The van der Waals surface area contributed by atoms with Gasteiger partial charge in [-0.2, -0.15) is 0 Å². The van der Waals surface area contributed by atoms with Gasteiger partial charge < -0.3 is 9.47 Å². The van der Waals surface area contributed by atoms with Crippen LogP contribution in [0.5, 0.6) is 5.75 Å². The molecule has 0 saturated carbocycles. The van der Waals surface area contributed by atoms with Crippen LogP contribution in [0.4, 0.5) is 0 Å². The Morgan fingerprint density at radius 1 is 1.39 bits per heavy atom. The molecule has 0 aliphatic carbocycles. The number of carbonyl (C=O) groups is 1. The minimum atomic E-state index is -0.616. The molecular formula is C13H19NO4. The molecule has 0 bridgehead atoms. The molecular weight excluding hydrogens is 234 g/mol. The van der Waals surface area contributed by atoms with Gasteiger partial charge in [0.1, 0.15) is 5.75 Å². The zero-order valence-corrected chi connectivity index (χ0v) is 10.9. The SMILES string of the molecule is COCCONC(=O)C(C)Oc1cccc(C)c1. The second-order valence-corrected chi connectivity index (χ2v) is 3.88. The molecule has 0 fully saturated rings. The number of rotatable bonds is 7. The summed E-state index contributed by atoms with van der Waals surface area (Å²) >= 11 is 0. The van der Waals surface area contributed by atoms with Gasteiger partial charge in [-0.3, -0.25) is 9.63 Å². The maximum atomic E-state index is 11.6. The molecule has 1 amide bonds. The second-order valence-electron chi connectivity index (χ2n) is 3.88. The summed E-state index contributed by atoms with van der Waals surface area (Å²) in [6, 6.07) is 7.52. The fourth-order valence-electron chi connectivity index (χ4n) is 1.28. The van der Waals surface area contributed by atoms with Crippen molar-refractivity contribution in [3.63, 3.8) is 0 Å². The summed E-state index contributed by atoms with van der Waals surface area (Å²) in [5.74, 6) is 0.335. The van der Waals surface area contributed by atoms with Gasteiger partial charge in [-0.25, -0.2) is 5.48 Å². The highest BCUT2D eigenvalue weighted by atomic mass is 16.7. The van der Waals surface area contributed by atoms with E-state index in [2.05, 4.69) is 5.48 Å². The predicted octanol–water partition coefficient (Wildman–Crippen LogP) is 1.46. The van der Waals surface area contributed by atoms with Crippen molar-refractivity contribution in [2.24, 2.45) is 0 Å². The summed E-state index contributed by atoms with van der Waals surface area (Å²) in [5.41, 5.74) is 3.39. The largest absolute Gasteiger partial charge is 0.481 e. The van der Waals surface area contributed by atoms with Crippen LogP contribution in [-0.2, 0) is 14.4 Å². The molecule has 1 atom stereocenters. The lowest BCUT2D eigenvalue weighted by Crippen LogP contribution is -2.36. The van der Waals surface area contributed by atoms with E-state index >= 15 is 0 Å². The van der Waals surface area contributed by atoms with E-state index in [-0.39, 0.29) is 5.91 Å². The summed E-state index contributed by atoms with van der Waals surface area (Å²) < 4.78 is 10.3. The molecule has 18 heavy (non-hydrogen) atoms. The Hall–Kier alpha value is -1.59. The van der Waals surface area contributed by atoms with Gasteiger partial charge in [-0.1, -0.05) is 12.1 Å². The number of amides is 1. The monoisotopic (exact) mass is 253 g/mol. The molecule has 0 spiro atoms. The zero-order chi connectivity index (χ0) is 13.4. The average Bonchev–Trinajstić information content (AvgIpc) is 2.34. The Morgan fingerprint density at radius 3 is 2.83 bits per heavy atom. The topological polar surface area (TPSA) is 56.8 Å². The third kappa shape index (κ3) is 5.16. The second kappa shape index (κ2) is 7.68. The third-order valence-electron chi connectivity index (χ3n) is 2.23. The number of nitrogens with one attached hydrogen (secondary N) is 1. The summed E-state index contributed by atoms with van der Waals surface area (Å²) in [7, 11) is 1.56. The molecule has 5 heteroatoms. The fourth-order valence-corrected chi connectivity index (χ4v) is 1.28. The van der Waals surface area contributed by atoms with Crippen molar-refractivity contribution in [1.82, 2.24) is 5.48 Å². The van der Waals surface area contributed by atoms with Crippen molar-refractivity contribution in [2.45, 2.75) is 20.0 Å². The molecule has 0 aliphatic heterocycles. The lowest BCUT2D eigenvalue weighted by atomic mass is 10.2. The van der Waals surface area contributed by atoms with Gasteiger partial charge in [0.05, 0.1) is 13.2 Å². The van der Waals surface area contributed by atoms with E-state index in [0.717, 1.165) is 5.56 Å². The van der Waals surface area contributed by atoms with E-state index in [4.69, 9.17) is 14.3 Å². The number of aryl methyl sites for hydroxylation is 1. The van der Waals surface area contributed by atoms with Crippen LogP contribution in [0.1, 0.15) is 12.5 Å². The van der Waals surface area contributed by atoms with E-state index in [1.165, 1.54) is 0 Å². The van der Waals surface area contributed by atoms with Crippen molar-refractivity contribution < 1.29 is 19.1 Å². The first-order valence-electron chi connectivity index (χ1n) is 5.77. The fraction of sp³-hybridized carbons (Fsp3) is 0.462. The lowest BCUT2D eigenvalue weighted by Gasteiger charge is -2.14. The number of carbonyl (C=O) groups excluding carboxylic acids is 1. The number of benzene rings is 1. The van der Waals surface area contributed by atoms with Gasteiger partial charge >= 0.3 is 0 Å². The van der Waals surface area contributed by atoms with Gasteiger partial charge in [0.2, 0.25) is 0 Å². The molecule has 0 heterocycles. The number of hydrogen-bond donors (Lipinski definition) is 1. The van der Waals surface area contributed by atoms with Crippen LogP contribution in [0.25, 0.3) is 0 Å². The number of hydroxylamine groups is 1. The predicted molar refractivity (Wildman–Crippen MR) is 67.2 cm³/mol. The molecule has 0 radical (unpaired) electrons.